The molecule has 0 radical (unpaired) electrons. The quantitative estimate of drug-likeness (QED) is 0.141. The molecule has 1 saturated heterocycles. The fraction of sp³-hybridized carbons (Fsp3) is 0.226. The molecule has 0 amide bonds. The standard InChI is InChI=1S/C62H59BN4OS/c1-61(2,3)42-31-35-48(36-32-42)66-53-39-50(64(44-21-11-7-12-22-44)45-23-13-8-14-24-45)40-54-57(53)63(59-58(66)51-29-19-20-30-55(51)69-59)52-41-56(65(46-25-15-9-16-26-46)47-27-17-10-18-28-47)68-60(52)67(54)49-37-33-43(34-38-49)62(4,5)6/h7-40,52,56,58-60H,41H2,1-6H3. The normalized spacial score (nSPS) is 20.2. The largest absolute Gasteiger partial charge is 0.335 e. The molecule has 8 aromatic carbocycles. The summed E-state index contributed by atoms with van der Waals surface area (Å²) in [5.41, 5.74) is 15.9. The maximum atomic E-state index is 7.82. The summed E-state index contributed by atoms with van der Waals surface area (Å²) in [4.78, 5) is 11.6. The molecular weight excluding hydrogens is 860 g/mol. The van der Waals surface area contributed by atoms with E-state index in [0.717, 1.165) is 40.5 Å². The average molecular weight is 919 g/mol. The van der Waals surface area contributed by atoms with Crippen molar-refractivity contribution in [2.75, 3.05) is 19.6 Å². The van der Waals surface area contributed by atoms with Crippen molar-refractivity contribution in [3.05, 3.63) is 223 Å². The number of anilines is 9. The Labute approximate surface area is 413 Å². The number of hydrogen-bond donors (Lipinski definition) is 0. The minimum absolute atomic E-state index is 0.00653. The summed E-state index contributed by atoms with van der Waals surface area (Å²) in [6.07, 6.45) is 0.380. The second-order valence-corrected chi connectivity index (χ2v) is 22.5. The minimum Gasteiger partial charge on any atom is -0.335 e. The minimum atomic E-state index is -0.254. The third-order valence-corrected chi connectivity index (χ3v) is 16.4. The van der Waals surface area contributed by atoms with Crippen LogP contribution in [0.3, 0.4) is 0 Å². The van der Waals surface area contributed by atoms with Gasteiger partial charge in [0.1, 0.15) is 12.5 Å². The van der Waals surface area contributed by atoms with Crippen molar-refractivity contribution in [2.24, 2.45) is 0 Å². The number of ether oxygens (including phenoxy) is 1. The van der Waals surface area contributed by atoms with Gasteiger partial charge in [-0.3, -0.25) is 0 Å². The van der Waals surface area contributed by atoms with Crippen molar-refractivity contribution in [3.8, 4) is 0 Å². The fourth-order valence-corrected chi connectivity index (χ4v) is 13.3. The molecule has 4 aliphatic rings. The Morgan fingerprint density at radius 2 is 0.957 bits per heavy atom. The summed E-state index contributed by atoms with van der Waals surface area (Å²) >= 11 is 2.08. The Hall–Kier alpha value is -6.67. The van der Waals surface area contributed by atoms with Gasteiger partial charge >= 0.3 is 0 Å². The Balaban J connectivity index is 1.14. The lowest BCUT2D eigenvalue weighted by atomic mass is 9.30. The molecule has 5 atom stereocenters. The van der Waals surface area contributed by atoms with Crippen LogP contribution in [0, 0.1) is 0 Å². The van der Waals surface area contributed by atoms with Gasteiger partial charge in [0.2, 0.25) is 6.71 Å². The van der Waals surface area contributed by atoms with E-state index in [9.17, 15) is 0 Å². The van der Waals surface area contributed by atoms with Gasteiger partial charge in [0.25, 0.3) is 0 Å². The predicted octanol–water partition coefficient (Wildman–Crippen LogP) is 15.8. The molecule has 4 heterocycles. The van der Waals surface area contributed by atoms with E-state index in [4.69, 9.17) is 4.74 Å². The van der Waals surface area contributed by atoms with Gasteiger partial charge in [0.05, 0.1) is 11.7 Å². The van der Waals surface area contributed by atoms with Crippen LogP contribution in [-0.2, 0) is 15.6 Å². The molecule has 0 N–H and O–H groups in total. The highest BCUT2D eigenvalue weighted by atomic mass is 32.2. The van der Waals surface area contributed by atoms with Crippen LogP contribution in [0.5, 0.6) is 0 Å². The number of hydrogen-bond acceptors (Lipinski definition) is 6. The molecule has 5 unspecified atom stereocenters. The molecule has 0 bridgehead atoms. The molecule has 0 aromatic heterocycles. The van der Waals surface area contributed by atoms with Crippen LogP contribution in [0.2, 0.25) is 5.82 Å². The fourth-order valence-electron chi connectivity index (χ4n) is 11.7. The van der Waals surface area contributed by atoms with Gasteiger partial charge in [-0.15, -0.1) is 11.8 Å². The predicted molar refractivity (Wildman–Crippen MR) is 292 cm³/mol. The van der Waals surface area contributed by atoms with E-state index in [1.54, 1.807) is 0 Å². The second-order valence-electron chi connectivity index (χ2n) is 21.3. The van der Waals surface area contributed by atoms with Crippen LogP contribution in [0.15, 0.2) is 211 Å². The van der Waals surface area contributed by atoms with Gasteiger partial charge in [-0.05, 0) is 136 Å². The second kappa shape index (κ2) is 17.1. The highest BCUT2D eigenvalue weighted by Crippen LogP contribution is 2.61. The highest BCUT2D eigenvalue weighted by Gasteiger charge is 2.61. The van der Waals surface area contributed by atoms with Gasteiger partial charge in [0.15, 0.2) is 0 Å². The third-order valence-electron chi connectivity index (χ3n) is 14.9. The van der Waals surface area contributed by atoms with Gasteiger partial charge in [0, 0.05) is 55.5 Å². The maximum Gasteiger partial charge on any atom is 0.206 e. The van der Waals surface area contributed by atoms with Crippen molar-refractivity contribution in [2.45, 2.75) is 93.2 Å². The Kier molecular flexibility index (Phi) is 10.8. The first-order chi connectivity index (χ1) is 33.5. The number of rotatable bonds is 8. The first-order valence-electron chi connectivity index (χ1n) is 24.7. The molecule has 69 heavy (non-hydrogen) atoms. The monoisotopic (exact) mass is 918 g/mol. The summed E-state index contributed by atoms with van der Waals surface area (Å²) in [7, 11) is 0. The van der Waals surface area contributed by atoms with Crippen molar-refractivity contribution in [1.82, 2.24) is 0 Å². The summed E-state index contributed by atoms with van der Waals surface area (Å²) in [5, 5.41) is 0.225. The van der Waals surface area contributed by atoms with Gasteiger partial charge in [-0.2, -0.15) is 0 Å². The molecule has 342 valence electrons. The number of benzene rings is 8. The number of fused-ring (bicyclic) bond motifs is 6. The van der Waals surface area contributed by atoms with Crippen molar-refractivity contribution < 1.29 is 4.74 Å². The van der Waals surface area contributed by atoms with E-state index >= 15 is 0 Å². The number of nitrogens with zero attached hydrogens (tertiary/aromatic N) is 4. The maximum absolute atomic E-state index is 7.82. The summed E-state index contributed by atoms with van der Waals surface area (Å²) in [6, 6.07) is 76.6. The molecule has 8 aromatic rings. The first-order valence-corrected chi connectivity index (χ1v) is 25.6. The van der Waals surface area contributed by atoms with Crippen LogP contribution < -0.4 is 25.1 Å². The molecule has 5 nitrogen and oxygen atoms in total. The number of para-hydroxylation sites is 4. The molecule has 12 rings (SSSR count). The summed E-state index contributed by atoms with van der Waals surface area (Å²) in [5.74, 6) is 0.156. The summed E-state index contributed by atoms with van der Waals surface area (Å²) in [6.45, 7) is 14.0. The molecule has 0 aliphatic carbocycles. The Morgan fingerprint density at radius 1 is 0.507 bits per heavy atom. The van der Waals surface area contributed by atoms with Crippen LogP contribution in [0.1, 0.15) is 70.7 Å². The molecule has 7 heteroatoms. The van der Waals surface area contributed by atoms with E-state index in [-0.39, 0.29) is 47.0 Å². The van der Waals surface area contributed by atoms with Crippen molar-refractivity contribution >= 4 is 75.1 Å². The van der Waals surface area contributed by atoms with E-state index in [2.05, 4.69) is 279 Å². The smallest absolute Gasteiger partial charge is 0.206 e. The highest BCUT2D eigenvalue weighted by molar-refractivity contribution is 8.02. The lowest BCUT2D eigenvalue weighted by molar-refractivity contribution is 0.0524. The van der Waals surface area contributed by atoms with Crippen LogP contribution in [0.25, 0.3) is 0 Å². The number of thioether (sulfide) groups is 1. The molecule has 4 aliphatic heterocycles. The van der Waals surface area contributed by atoms with Gasteiger partial charge in [-0.25, -0.2) is 0 Å². The Bertz CT molecular complexity index is 3020. The van der Waals surface area contributed by atoms with Crippen LogP contribution >= 0.6 is 11.8 Å². The third kappa shape index (κ3) is 7.62. The molecule has 0 spiro atoms. The van der Waals surface area contributed by atoms with Crippen molar-refractivity contribution in [3.63, 3.8) is 0 Å². The zero-order chi connectivity index (χ0) is 47.0. The zero-order valence-corrected chi connectivity index (χ0v) is 41.2. The topological polar surface area (TPSA) is 22.2 Å². The summed E-state index contributed by atoms with van der Waals surface area (Å²) < 4.78 is 7.82. The van der Waals surface area contributed by atoms with Crippen molar-refractivity contribution in [1.29, 1.82) is 0 Å². The Morgan fingerprint density at radius 3 is 1.46 bits per heavy atom. The molecule has 1 fully saturated rings. The zero-order valence-electron chi connectivity index (χ0n) is 40.4. The molecule has 0 saturated carbocycles. The van der Waals surface area contributed by atoms with E-state index < -0.39 is 0 Å². The SMILES string of the molecule is CC(C)(C)c1ccc(N2c3cc(N(c4ccccc4)c4ccccc4)cc4c3B(C3CC(N(c5ccccc5)c5ccccc5)OC32)C2Sc3ccccc3C2N4c2ccc(C(C)(C)C)cc2)cc1. The lowest BCUT2D eigenvalue weighted by Gasteiger charge is -2.52. The van der Waals surface area contributed by atoms with E-state index in [1.807, 2.05) is 0 Å². The van der Waals surface area contributed by atoms with E-state index in [0.29, 0.717) is 0 Å². The average Bonchev–Trinajstić information content (AvgIpc) is 3.97. The van der Waals surface area contributed by atoms with Crippen LogP contribution in [0.4, 0.5) is 51.2 Å². The lowest BCUT2D eigenvalue weighted by Crippen LogP contribution is -2.62. The van der Waals surface area contributed by atoms with Gasteiger partial charge < -0.3 is 24.3 Å². The van der Waals surface area contributed by atoms with Gasteiger partial charge in [-0.1, -0.05) is 157 Å². The first kappa shape index (κ1) is 43.6. The van der Waals surface area contributed by atoms with E-state index in [1.165, 1.54) is 44.1 Å². The van der Waals surface area contributed by atoms with Crippen LogP contribution in [-0.4, -0.2) is 24.3 Å². The molecular formula is C62H59BN4OS.